The summed E-state index contributed by atoms with van der Waals surface area (Å²) in [6.07, 6.45) is 0. The molecule has 0 unspecified atom stereocenters. The number of nitrogens with one attached hydrogen (secondary N) is 1. The number of hydrogen-bond donors (Lipinski definition) is 1. The number of methoxy groups -OCH3 is 3. The summed E-state index contributed by atoms with van der Waals surface area (Å²) in [5.41, 5.74) is 1.33. The molecule has 0 radical (unpaired) electrons. The second kappa shape index (κ2) is 9.78. The Hall–Kier alpha value is -2.80. The highest BCUT2D eigenvalue weighted by Gasteiger charge is 2.14. The van der Waals surface area contributed by atoms with Gasteiger partial charge in [0.1, 0.15) is 11.5 Å². The van der Waals surface area contributed by atoms with Crippen LogP contribution in [0.4, 0.5) is 10.1 Å². The highest BCUT2D eigenvalue weighted by Crippen LogP contribution is 2.29. The monoisotopic (exact) mass is 376 g/mol. The van der Waals surface area contributed by atoms with Crippen molar-refractivity contribution in [3.05, 3.63) is 47.8 Å². The SMILES string of the molecule is CCN(CC(=O)Nc1ccc(OC)cc1OC)Cc1ccc(OC)c(F)c1. The molecule has 0 heterocycles. The topological polar surface area (TPSA) is 60.0 Å². The Balaban J connectivity index is 2.01. The van der Waals surface area contributed by atoms with E-state index >= 15 is 0 Å². The number of anilines is 1. The first kappa shape index (κ1) is 20.5. The Morgan fingerprint density at radius 2 is 1.78 bits per heavy atom. The lowest BCUT2D eigenvalue weighted by Gasteiger charge is -2.20. The van der Waals surface area contributed by atoms with Crippen molar-refractivity contribution in [2.24, 2.45) is 0 Å². The number of carbonyl (C=O) groups is 1. The van der Waals surface area contributed by atoms with Crippen LogP contribution in [0.15, 0.2) is 36.4 Å². The molecular formula is C20H25FN2O4. The van der Waals surface area contributed by atoms with Gasteiger partial charge in [-0.05, 0) is 36.4 Å². The van der Waals surface area contributed by atoms with E-state index in [0.29, 0.717) is 30.3 Å². The Morgan fingerprint density at radius 3 is 2.37 bits per heavy atom. The van der Waals surface area contributed by atoms with Crippen LogP contribution in [0.1, 0.15) is 12.5 Å². The molecule has 0 fully saturated rings. The molecule has 0 spiro atoms. The number of rotatable bonds is 9. The summed E-state index contributed by atoms with van der Waals surface area (Å²) in [7, 11) is 4.52. The minimum absolute atomic E-state index is 0.166. The smallest absolute Gasteiger partial charge is 0.238 e. The van der Waals surface area contributed by atoms with Crippen LogP contribution in [0.3, 0.4) is 0 Å². The van der Waals surface area contributed by atoms with Crippen LogP contribution in [0.5, 0.6) is 17.2 Å². The molecule has 2 aromatic carbocycles. The van der Waals surface area contributed by atoms with Crippen LogP contribution >= 0.6 is 0 Å². The zero-order valence-electron chi connectivity index (χ0n) is 16.0. The molecule has 0 aliphatic heterocycles. The van der Waals surface area contributed by atoms with E-state index < -0.39 is 5.82 Å². The normalized spacial score (nSPS) is 10.6. The molecule has 2 rings (SSSR count). The lowest BCUT2D eigenvalue weighted by Crippen LogP contribution is -2.32. The van der Waals surface area contributed by atoms with Gasteiger partial charge in [0.05, 0.1) is 33.6 Å². The number of halogens is 1. The molecule has 0 aliphatic rings. The van der Waals surface area contributed by atoms with Gasteiger partial charge in [-0.25, -0.2) is 4.39 Å². The predicted molar refractivity (Wildman–Crippen MR) is 102 cm³/mol. The number of benzene rings is 2. The minimum atomic E-state index is -0.418. The number of ether oxygens (including phenoxy) is 3. The third kappa shape index (κ3) is 5.59. The third-order valence-corrected chi connectivity index (χ3v) is 4.12. The first-order valence-corrected chi connectivity index (χ1v) is 8.57. The second-order valence-corrected chi connectivity index (χ2v) is 5.89. The number of amides is 1. The van der Waals surface area contributed by atoms with E-state index in [-0.39, 0.29) is 18.2 Å². The van der Waals surface area contributed by atoms with Gasteiger partial charge in [0.25, 0.3) is 0 Å². The number of nitrogens with zero attached hydrogens (tertiary/aromatic N) is 1. The van der Waals surface area contributed by atoms with Crippen LogP contribution in [0.25, 0.3) is 0 Å². The fourth-order valence-electron chi connectivity index (χ4n) is 2.64. The van der Waals surface area contributed by atoms with Gasteiger partial charge in [-0.3, -0.25) is 9.69 Å². The Labute approximate surface area is 158 Å². The summed E-state index contributed by atoms with van der Waals surface area (Å²) in [5, 5.41) is 2.84. The minimum Gasteiger partial charge on any atom is -0.497 e. The standard InChI is InChI=1S/C20H25FN2O4/c1-5-23(12-14-6-9-18(26-3)16(21)10-14)13-20(24)22-17-8-7-15(25-2)11-19(17)27-4/h6-11H,5,12-13H2,1-4H3,(H,22,24). The molecule has 0 saturated heterocycles. The van der Waals surface area contributed by atoms with Crippen LogP contribution in [-0.2, 0) is 11.3 Å². The lowest BCUT2D eigenvalue weighted by atomic mass is 10.2. The predicted octanol–water partition coefficient (Wildman–Crippen LogP) is 3.31. The average Bonchev–Trinajstić information content (AvgIpc) is 2.67. The first-order valence-electron chi connectivity index (χ1n) is 8.57. The van der Waals surface area contributed by atoms with Gasteiger partial charge >= 0.3 is 0 Å². The molecule has 0 aromatic heterocycles. The summed E-state index contributed by atoms with van der Waals surface area (Å²) in [5.74, 6) is 0.753. The van der Waals surface area contributed by atoms with Crippen molar-refractivity contribution in [1.82, 2.24) is 4.90 Å². The van der Waals surface area contributed by atoms with E-state index in [1.54, 1.807) is 37.4 Å². The van der Waals surface area contributed by atoms with Crippen molar-refractivity contribution in [3.8, 4) is 17.2 Å². The van der Waals surface area contributed by atoms with Crippen molar-refractivity contribution in [2.75, 3.05) is 39.7 Å². The second-order valence-electron chi connectivity index (χ2n) is 5.89. The summed E-state index contributed by atoms with van der Waals surface area (Å²) in [6.45, 7) is 3.20. The number of carbonyl (C=O) groups excluding carboxylic acids is 1. The van der Waals surface area contributed by atoms with E-state index in [1.807, 2.05) is 11.8 Å². The van der Waals surface area contributed by atoms with Crippen LogP contribution < -0.4 is 19.5 Å². The maximum atomic E-state index is 13.9. The van der Waals surface area contributed by atoms with Crippen LogP contribution in [0, 0.1) is 5.82 Å². The molecule has 27 heavy (non-hydrogen) atoms. The van der Waals surface area contributed by atoms with Gasteiger partial charge in [0.15, 0.2) is 11.6 Å². The van der Waals surface area contributed by atoms with Crippen molar-refractivity contribution in [3.63, 3.8) is 0 Å². The molecule has 1 N–H and O–H groups in total. The molecule has 146 valence electrons. The maximum Gasteiger partial charge on any atom is 0.238 e. The number of hydrogen-bond acceptors (Lipinski definition) is 5. The summed E-state index contributed by atoms with van der Waals surface area (Å²) in [4.78, 5) is 14.3. The van der Waals surface area contributed by atoms with E-state index in [0.717, 1.165) is 5.56 Å². The molecule has 0 atom stereocenters. The quantitative estimate of drug-likeness (QED) is 0.728. The molecule has 0 aliphatic carbocycles. The van der Waals surface area contributed by atoms with E-state index in [4.69, 9.17) is 14.2 Å². The highest BCUT2D eigenvalue weighted by molar-refractivity contribution is 5.93. The Kier molecular flexibility index (Phi) is 7.43. The molecule has 7 heteroatoms. The lowest BCUT2D eigenvalue weighted by molar-refractivity contribution is -0.117. The number of likely N-dealkylation sites (N-methyl/N-ethyl adjacent to an activating group) is 1. The molecule has 6 nitrogen and oxygen atoms in total. The summed E-state index contributed by atoms with van der Waals surface area (Å²) < 4.78 is 29.2. The molecule has 0 saturated carbocycles. The van der Waals surface area contributed by atoms with Gasteiger partial charge in [-0.2, -0.15) is 0 Å². The molecular weight excluding hydrogens is 351 g/mol. The van der Waals surface area contributed by atoms with Gasteiger partial charge in [-0.1, -0.05) is 13.0 Å². The van der Waals surface area contributed by atoms with Crippen LogP contribution in [-0.4, -0.2) is 45.2 Å². The van der Waals surface area contributed by atoms with E-state index in [2.05, 4.69) is 5.32 Å². The van der Waals surface area contributed by atoms with Gasteiger partial charge in [-0.15, -0.1) is 0 Å². The van der Waals surface area contributed by atoms with Crippen molar-refractivity contribution in [1.29, 1.82) is 0 Å². The van der Waals surface area contributed by atoms with E-state index in [9.17, 15) is 9.18 Å². The fourth-order valence-corrected chi connectivity index (χ4v) is 2.64. The van der Waals surface area contributed by atoms with Crippen molar-refractivity contribution >= 4 is 11.6 Å². The zero-order valence-corrected chi connectivity index (χ0v) is 16.0. The summed E-state index contributed by atoms with van der Waals surface area (Å²) >= 11 is 0. The Morgan fingerprint density at radius 1 is 1.04 bits per heavy atom. The first-order chi connectivity index (χ1) is 13.0. The van der Waals surface area contributed by atoms with E-state index in [1.165, 1.54) is 20.3 Å². The van der Waals surface area contributed by atoms with Gasteiger partial charge in [0, 0.05) is 12.6 Å². The molecule has 2 aromatic rings. The average molecular weight is 376 g/mol. The maximum absolute atomic E-state index is 13.9. The molecule has 0 bridgehead atoms. The van der Waals surface area contributed by atoms with Crippen LogP contribution in [0.2, 0.25) is 0 Å². The van der Waals surface area contributed by atoms with Crippen molar-refractivity contribution in [2.45, 2.75) is 13.5 Å². The molecule has 1 amide bonds. The Bertz CT molecular complexity index is 783. The highest BCUT2D eigenvalue weighted by atomic mass is 19.1. The van der Waals surface area contributed by atoms with Crippen molar-refractivity contribution < 1.29 is 23.4 Å². The third-order valence-electron chi connectivity index (χ3n) is 4.12. The van der Waals surface area contributed by atoms with Gasteiger partial charge in [0.2, 0.25) is 5.91 Å². The summed E-state index contributed by atoms with van der Waals surface area (Å²) in [6, 6.07) is 9.97. The zero-order chi connectivity index (χ0) is 19.8. The fraction of sp³-hybridized carbons (Fsp3) is 0.350. The van der Waals surface area contributed by atoms with Gasteiger partial charge < -0.3 is 19.5 Å². The largest absolute Gasteiger partial charge is 0.497 e.